The van der Waals surface area contributed by atoms with Gasteiger partial charge in [-0.05, 0) is 37.5 Å². The highest BCUT2D eigenvalue weighted by Gasteiger charge is 2.42. The van der Waals surface area contributed by atoms with Crippen LogP contribution in [0.2, 0.25) is 5.15 Å². The van der Waals surface area contributed by atoms with Gasteiger partial charge in [-0.15, -0.1) is 0 Å². The molecule has 0 aliphatic heterocycles. The molecule has 1 aliphatic carbocycles. The molecule has 8 nitrogen and oxygen atoms in total. The highest BCUT2D eigenvalue weighted by molar-refractivity contribution is 6.30. The normalized spacial score (nSPS) is 20.3. The van der Waals surface area contributed by atoms with E-state index in [1.54, 1.807) is 30.8 Å². The molecule has 2 aromatic rings. The van der Waals surface area contributed by atoms with Crippen LogP contribution in [0, 0.1) is 16.7 Å². The van der Waals surface area contributed by atoms with Crippen LogP contribution in [0.1, 0.15) is 30.5 Å². The lowest BCUT2D eigenvalue weighted by atomic mass is 10.1. The molecule has 0 spiro atoms. The average Bonchev–Trinajstić information content (AvgIpc) is 3.31. The fraction of sp³-hybridized carbons (Fsp3) is 0.353. The van der Waals surface area contributed by atoms with Crippen molar-refractivity contribution in [3.63, 3.8) is 0 Å². The lowest BCUT2D eigenvalue weighted by Crippen LogP contribution is -2.28. The summed E-state index contributed by atoms with van der Waals surface area (Å²) in [6.07, 6.45) is 4.66. The molecule has 2 atom stereocenters. The molecule has 0 amide bonds. The predicted molar refractivity (Wildman–Crippen MR) is 101 cm³/mol. The Bertz CT molecular complexity index is 981. The molecule has 0 radical (unpaired) electrons. The molecule has 26 heavy (non-hydrogen) atoms. The summed E-state index contributed by atoms with van der Waals surface area (Å²) in [5, 5.41) is 24.5. The monoisotopic (exact) mass is 372 g/mol. The van der Waals surface area contributed by atoms with Crippen LogP contribution in [-0.2, 0) is 7.05 Å². The Morgan fingerprint density at radius 3 is 2.73 bits per heavy atom. The largest absolute Gasteiger partial charge is 0.402 e. The SMILES string of the molecule is CN=C(/C=C(\N)C1CC1c1cn(C)nc1Cl)c1ccc(=N)n(C(C)=N)n1. The Labute approximate surface area is 156 Å². The second kappa shape index (κ2) is 6.87. The quantitative estimate of drug-likeness (QED) is 0.558. The number of halogens is 1. The zero-order valence-electron chi connectivity index (χ0n) is 14.9. The maximum atomic E-state index is 7.82. The number of aliphatic imine (C=N–C) groups is 1. The number of hydrogen-bond donors (Lipinski definition) is 3. The number of hydrogen-bond acceptors (Lipinski definition) is 6. The molecule has 2 heterocycles. The van der Waals surface area contributed by atoms with E-state index in [1.165, 1.54) is 4.68 Å². The number of allylic oxidation sites excluding steroid dienone is 2. The van der Waals surface area contributed by atoms with E-state index < -0.39 is 0 Å². The van der Waals surface area contributed by atoms with Crippen molar-refractivity contribution in [3.8, 4) is 0 Å². The highest BCUT2D eigenvalue weighted by Crippen LogP contribution is 2.52. The Kier molecular flexibility index (Phi) is 4.78. The fourth-order valence-corrected chi connectivity index (χ4v) is 3.28. The van der Waals surface area contributed by atoms with Gasteiger partial charge in [-0.3, -0.25) is 20.5 Å². The summed E-state index contributed by atoms with van der Waals surface area (Å²) in [7, 11) is 3.51. The first-order valence-electron chi connectivity index (χ1n) is 8.15. The zero-order chi connectivity index (χ0) is 19.0. The smallest absolute Gasteiger partial charge is 0.154 e. The van der Waals surface area contributed by atoms with Crippen LogP contribution in [0.3, 0.4) is 0 Å². The standard InChI is InChI=1S/C17H21ClN8/c1-9(19)26-16(21)5-4-14(23-26)15(22-2)7-13(20)11-6-10(11)12-8-25(3)24-17(12)18/h4-5,7-8,10-11,19,21H,6,20H2,1-3H3/b13-7-,19-9?,21-16?,22-15?. The first-order valence-corrected chi connectivity index (χ1v) is 8.53. The van der Waals surface area contributed by atoms with Crippen molar-refractivity contribution >= 4 is 23.1 Å². The summed E-state index contributed by atoms with van der Waals surface area (Å²) >= 11 is 6.17. The van der Waals surface area contributed by atoms with Crippen molar-refractivity contribution in [2.45, 2.75) is 19.3 Å². The lowest BCUT2D eigenvalue weighted by molar-refractivity contribution is 0.767. The summed E-state index contributed by atoms with van der Waals surface area (Å²) < 4.78 is 2.95. The topological polar surface area (TPSA) is 122 Å². The second-order valence-electron chi connectivity index (χ2n) is 6.35. The van der Waals surface area contributed by atoms with Crippen LogP contribution in [-0.4, -0.2) is 38.2 Å². The zero-order valence-corrected chi connectivity index (χ0v) is 15.6. The van der Waals surface area contributed by atoms with Gasteiger partial charge in [-0.2, -0.15) is 10.2 Å². The van der Waals surface area contributed by atoms with E-state index in [2.05, 4.69) is 15.2 Å². The third-order valence-electron chi connectivity index (χ3n) is 4.39. The van der Waals surface area contributed by atoms with Crippen LogP contribution in [0.25, 0.3) is 0 Å². The number of rotatable bonds is 4. The Morgan fingerprint density at radius 2 is 2.15 bits per heavy atom. The van der Waals surface area contributed by atoms with Gasteiger partial charge < -0.3 is 5.73 Å². The molecule has 1 fully saturated rings. The van der Waals surface area contributed by atoms with Crippen LogP contribution in [0.4, 0.5) is 0 Å². The van der Waals surface area contributed by atoms with E-state index in [9.17, 15) is 0 Å². The van der Waals surface area contributed by atoms with Gasteiger partial charge >= 0.3 is 0 Å². The van der Waals surface area contributed by atoms with Gasteiger partial charge in [-0.1, -0.05) is 11.6 Å². The summed E-state index contributed by atoms with van der Waals surface area (Å²) in [6.45, 7) is 1.58. The molecule has 1 aliphatic rings. The summed E-state index contributed by atoms with van der Waals surface area (Å²) in [5.41, 5.74) is 9.34. The van der Waals surface area contributed by atoms with E-state index in [-0.39, 0.29) is 23.2 Å². The fourth-order valence-electron chi connectivity index (χ4n) is 2.97. The van der Waals surface area contributed by atoms with Gasteiger partial charge in [0.2, 0.25) is 0 Å². The molecule has 3 rings (SSSR count). The van der Waals surface area contributed by atoms with Crippen molar-refractivity contribution in [1.82, 2.24) is 19.6 Å². The predicted octanol–water partition coefficient (Wildman–Crippen LogP) is 1.66. The summed E-state index contributed by atoms with van der Waals surface area (Å²) in [5.74, 6) is 0.626. The van der Waals surface area contributed by atoms with Gasteiger partial charge in [0.05, 0.1) is 5.71 Å². The van der Waals surface area contributed by atoms with E-state index in [1.807, 2.05) is 19.3 Å². The molecule has 0 saturated heterocycles. The molecule has 9 heteroatoms. The molecule has 136 valence electrons. The second-order valence-corrected chi connectivity index (χ2v) is 6.71. The van der Waals surface area contributed by atoms with E-state index in [0.29, 0.717) is 22.3 Å². The number of aryl methyl sites for hydroxylation is 1. The lowest BCUT2D eigenvalue weighted by Gasteiger charge is -2.07. The summed E-state index contributed by atoms with van der Waals surface area (Å²) in [6, 6.07) is 3.29. The van der Waals surface area contributed by atoms with E-state index >= 15 is 0 Å². The van der Waals surface area contributed by atoms with Crippen LogP contribution >= 0.6 is 11.6 Å². The number of aromatic nitrogens is 4. The van der Waals surface area contributed by atoms with Gasteiger partial charge in [-0.25, -0.2) is 4.68 Å². The van der Waals surface area contributed by atoms with Gasteiger partial charge in [0.25, 0.3) is 0 Å². The molecule has 4 N–H and O–H groups in total. The van der Waals surface area contributed by atoms with Crippen molar-refractivity contribution < 1.29 is 0 Å². The molecule has 0 bridgehead atoms. The van der Waals surface area contributed by atoms with Crippen LogP contribution in [0.5, 0.6) is 0 Å². The summed E-state index contributed by atoms with van der Waals surface area (Å²) in [4.78, 5) is 4.27. The minimum atomic E-state index is 0.141. The highest BCUT2D eigenvalue weighted by atomic mass is 35.5. The van der Waals surface area contributed by atoms with Crippen LogP contribution < -0.4 is 11.2 Å². The molecule has 0 aromatic carbocycles. The third kappa shape index (κ3) is 3.45. The molecule has 1 saturated carbocycles. The minimum Gasteiger partial charge on any atom is -0.402 e. The van der Waals surface area contributed by atoms with E-state index in [0.717, 1.165) is 12.0 Å². The van der Waals surface area contributed by atoms with Crippen molar-refractivity contribution in [2.75, 3.05) is 7.05 Å². The van der Waals surface area contributed by atoms with Crippen molar-refractivity contribution in [3.05, 3.63) is 52.0 Å². The number of nitrogens with one attached hydrogen (secondary N) is 2. The van der Waals surface area contributed by atoms with Gasteiger partial charge in [0.15, 0.2) is 5.15 Å². The first-order chi connectivity index (χ1) is 12.3. The maximum absolute atomic E-state index is 7.82. The number of nitrogens with zero attached hydrogens (tertiary/aromatic N) is 5. The van der Waals surface area contributed by atoms with Gasteiger partial charge in [0, 0.05) is 37.5 Å². The van der Waals surface area contributed by atoms with Gasteiger partial charge in [0.1, 0.15) is 17.0 Å². The molecular formula is C17H21ClN8. The third-order valence-corrected chi connectivity index (χ3v) is 4.68. The maximum Gasteiger partial charge on any atom is 0.154 e. The minimum absolute atomic E-state index is 0.141. The Hall–Kier alpha value is -2.74. The Balaban J connectivity index is 1.84. The molecule has 2 unspecified atom stereocenters. The van der Waals surface area contributed by atoms with Crippen LogP contribution in [0.15, 0.2) is 35.1 Å². The Morgan fingerprint density at radius 1 is 1.42 bits per heavy atom. The average molecular weight is 373 g/mol. The van der Waals surface area contributed by atoms with Crippen molar-refractivity contribution in [2.24, 2.45) is 23.7 Å². The number of nitrogens with two attached hydrogens (primary N) is 1. The van der Waals surface area contributed by atoms with E-state index in [4.69, 9.17) is 28.2 Å². The molecule has 2 aromatic heterocycles. The first kappa shape index (κ1) is 18.1. The van der Waals surface area contributed by atoms with Crippen molar-refractivity contribution in [1.29, 1.82) is 10.8 Å². The molecular weight excluding hydrogens is 352 g/mol.